The van der Waals surface area contributed by atoms with Crippen LogP contribution in [-0.4, -0.2) is 25.2 Å². The fraction of sp³-hybridized carbons (Fsp3) is 0.810. The van der Waals surface area contributed by atoms with Gasteiger partial charge in [0.15, 0.2) is 0 Å². The molecule has 0 aliphatic heterocycles. The lowest BCUT2D eigenvalue weighted by molar-refractivity contribution is -0.161. The van der Waals surface area contributed by atoms with Crippen molar-refractivity contribution < 1.29 is 19.1 Å². The summed E-state index contributed by atoms with van der Waals surface area (Å²) < 4.78 is 10.8. The molecule has 0 saturated heterocycles. The predicted octanol–water partition coefficient (Wildman–Crippen LogP) is 5.06. The van der Waals surface area contributed by atoms with Gasteiger partial charge < -0.3 is 9.47 Å². The average molecular weight is 353 g/mol. The summed E-state index contributed by atoms with van der Waals surface area (Å²) in [4.78, 5) is 24.7. The standard InChI is InChI=1S/C21H36O4/c1-4-5-6-7-8-11-15-24-20(22)18-12-9-10-13-19(18)21(23)25-16-14-17(2)3/h9-10,17-19H,4-8,11-16H2,1-3H3. The Labute approximate surface area is 153 Å². The molecule has 0 saturated carbocycles. The Morgan fingerprint density at radius 3 is 1.96 bits per heavy atom. The molecule has 2 unspecified atom stereocenters. The largest absolute Gasteiger partial charge is 0.465 e. The minimum Gasteiger partial charge on any atom is -0.465 e. The molecule has 144 valence electrons. The number of hydrogen-bond donors (Lipinski definition) is 0. The van der Waals surface area contributed by atoms with Gasteiger partial charge in [0.1, 0.15) is 0 Å². The maximum absolute atomic E-state index is 12.4. The second-order valence-electron chi connectivity index (χ2n) is 7.44. The third-order valence-electron chi connectivity index (χ3n) is 4.72. The van der Waals surface area contributed by atoms with E-state index in [1.54, 1.807) is 0 Å². The van der Waals surface area contributed by atoms with Gasteiger partial charge in [0.05, 0.1) is 25.0 Å². The van der Waals surface area contributed by atoms with Gasteiger partial charge in [-0.15, -0.1) is 0 Å². The third-order valence-corrected chi connectivity index (χ3v) is 4.72. The van der Waals surface area contributed by atoms with Crippen LogP contribution < -0.4 is 0 Å². The van der Waals surface area contributed by atoms with E-state index >= 15 is 0 Å². The molecule has 0 aromatic carbocycles. The van der Waals surface area contributed by atoms with Crippen molar-refractivity contribution in [2.75, 3.05) is 13.2 Å². The maximum Gasteiger partial charge on any atom is 0.310 e. The highest BCUT2D eigenvalue weighted by Crippen LogP contribution is 2.28. The van der Waals surface area contributed by atoms with Crippen LogP contribution in [0.1, 0.15) is 78.6 Å². The van der Waals surface area contributed by atoms with E-state index in [0.717, 1.165) is 19.3 Å². The van der Waals surface area contributed by atoms with E-state index in [0.29, 0.717) is 32.0 Å². The Morgan fingerprint density at radius 2 is 1.40 bits per heavy atom. The van der Waals surface area contributed by atoms with Crippen LogP contribution >= 0.6 is 0 Å². The highest BCUT2D eigenvalue weighted by molar-refractivity contribution is 5.82. The second kappa shape index (κ2) is 13.0. The van der Waals surface area contributed by atoms with Crippen molar-refractivity contribution in [2.24, 2.45) is 17.8 Å². The smallest absolute Gasteiger partial charge is 0.310 e. The van der Waals surface area contributed by atoms with Gasteiger partial charge in [0, 0.05) is 0 Å². The monoisotopic (exact) mass is 352 g/mol. The fourth-order valence-electron chi connectivity index (χ4n) is 3.00. The van der Waals surface area contributed by atoms with Crippen molar-refractivity contribution in [2.45, 2.75) is 78.6 Å². The summed E-state index contributed by atoms with van der Waals surface area (Å²) >= 11 is 0. The Hall–Kier alpha value is -1.32. The van der Waals surface area contributed by atoms with Crippen molar-refractivity contribution in [1.29, 1.82) is 0 Å². The molecule has 1 aliphatic rings. The number of hydrogen-bond acceptors (Lipinski definition) is 4. The average Bonchev–Trinajstić information content (AvgIpc) is 2.60. The lowest BCUT2D eigenvalue weighted by atomic mass is 9.83. The summed E-state index contributed by atoms with van der Waals surface area (Å²) in [5.74, 6) is -0.793. The molecule has 2 atom stereocenters. The molecule has 0 bridgehead atoms. The topological polar surface area (TPSA) is 52.6 Å². The van der Waals surface area contributed by atoms with E-state index in [1.807, 2.05) is 12.2 Å². The number of allylic oxidation sites excluding steroid dienone is 2. The number of rotatable bonds is 12. The Morgan fingerprint density at radius 1 is 0.880 bits per heavy atom. The first-order valence-corrected chi connectivity index (χ1v) is 10.0. The molecule has 0 N–H and O–H groups in total. The Bertz CT molecular complexity index is 414. The van der Waals surface area contributed by atoms with E-state index in [9.17, 15) is 9.59 Å². The SMILES string of the molecule is CCCCCCCCOC(=O)C1CC=CCC1C(=O)OCCC(C)C. The number of esters is 2. The molecule has 0 spiro atoms. The molecule has 4 heteroatoms. The lowest BCUT2D eigenvalue weighted by Crippen LogP contribution is -2.34. The fourth-order valence-corrected chi connectivity index (χ4v) is 3.00. The van der Waals surface area contributed by atoms with Crippen LogP contribution in [0.15, 0.2) is 12.2 Å². The van der Waals surface area contributed by atoms with Gasteiger partial charge >= 0.3 is 11.9 Å². The summed E-state index contributed by atoms with van der Waals surface area (Å²) in [6, 6.07) is 0. The molecule has 1 aliphatic carbocycles. The van der Waals surface area contributed by atoms with Crippen LogP contribution in [0.25, 0.3) is 0 Å². The van der Waals surface area contributed by atoms with E-state index in [2.05, 4.69) is 20.8 Å². The first kappa shape index (κ1) is 21.7. The lowest BCUT2D eigenvalue weighted by Gasteiger charge is -2.25. The van der Waals surface area contributed by atoms with Crippen LogP contribution in [0.5, 0.6) is 0 Å². The van der Waals surface area contributed by atoms with Crippen LogP contribution in [0.4, 0.5) is 0 Å². The van der Waals surface area contributed by atoms with Gasteiger partial charge in [-0.3, -0.25) is 9.59 Å². The summed E-state index contributed by atoms with van der Waals surface area (Å²) in [7, 11) is 0. The number of unbranched alkanes of at least 4 members (excludes halogenated alkanes) is 5. The summed E-state index contributed by atoms with van der Waals surface area (Å²) in [5, 5.41) is 0. The quantitative estimate of drug-likeness (QED) is 0.280. The van der Waals surface area contributed by atoms with Crippen LogP contribution in [0.2, 0.25) is 0 Å². The zero-order valence-electron chi connectivity index (χ0n) is 16.3. The maximum atomic E-state index is 12.4. The second-order valence-corrected chi connectivity index (χ2v) is 7.44. The van der Waals surface area contributed by atoms with Crippen molar-refractivity contribution >= 4 is 11.9 Å². The molecular weight excluding hydrogens is 316 g/mol. The minimum absolute atomic E-state index is 0.247. The molecule has 25 heavy (non-hydrogen) atoms. The number of carbonyl (C=O) groups excluding carboxylic acids is 2. The van der Waals surface area contributed by atoms with Crippen molar-refractivity contribution in [3.8, 4) is 0 Å². The van der Waals surface area contributed by atoms with Gasteiger partial charge in [-0.2, -0.15) is 0 Å². The summed E-state index contributed by atoms with van der Waals surface area (Å²) in [6.07, 6.45) is 12.9. The normalized spacial score (nSPS) is 19.8. The predicted molar refractivity (Wildman–Crippen MR) is 100 cm³/mol. The Balaban J connectivity index is 2.33. The molecule has 0 aromatic rings. The van der Waals surface area contributed by atoms with E-state index in [4.69, 9.17) is 9.47 Å². The number of carbonyl (C=O) groups is 2. The van der Waals surface area contributed by atoms with Crippen LogP contribution in [0.3, 0.4) is 0 Å². The molecule has 0 fully saturated rings. The molecular formula is C21H36O4. The van der Waals surface area contributed by atoms with Crippen LogP contribution in [-0.2, 0) is 19.1 Å². The molecule has 0 heterocycles. The van der Waals surface area contributed by atoms with E-state index in [-0.39, 0.29) is 11.9 Å². The molecule has 0 aromatic heterocycles. The van der Waals surface area contributed by atoms with Gasteiger partial charge in [0.2, 0.25) is 0 Å². The molecule has 4 nitrogen and oxygen atoms in total. The first-order valence-electron chi connectivity index (χ1n) is 10.0. The molecule has 1 rings (SSSR count). The van der Waals surface area contributed by atoms with Crippen LogP contribution in [0, 0.1) is 17.8 Å². The van der Waals surface area contributed by atoms with Crippen molar-refractivity contribution in [3.63, 3.8) is 0 Å². The van der Waals surface area contributed by atoms with Crippen molar-refractivity contribution in [1.82, 2.24) is 0 Å². The summed E-state index contributed by atoms with van der Waals surface area (Å²) in [5.41, 5.74) is 0. The summed E-state index contributed by atoms with van der Waals surface area (Å²) in [6.45, 7) is 7.28. The Kier molecular flexibility index (Phi) is 11.3. The minimum atomic E-state index is -0.394. The zero-order valence-corrected chi connectivity index (χ0v) is 16.3. The zero-order chi connectivity index (χ0) is 18.5. The highest BCUT2D eigenvalue weighted by Gasteiger charge is 2.36. The third kappa shape index (κ3) is 9.08. The van der Waals surface area contributed by atoms with Gasteiger partial charge in [0.25, 0.3) is 0 Å². The number of ether oxygens (including phenoxy) is 2. The van der Waals surface area contributed by atoms with Gasteiger partial charge in [-0.05, 0) is 31.6 Å². The van der Waals surface area contributed by atoms with Gasteiger partial charge in [-0.1, -0.05) is 65.0 Å². The van der Waals surface area contributed by atoms with E-state index in [1.165, 1.54) is 25.7 Å². The van der Waals surface area contributed by atoms with E-state index < -0.39 is 11.8 Å². The first-order chi connectivity index (χ1) is 12.1. The van der Waals surface area contributed by atoms with Crippen molar-refractivity contribution in [3.05, 3.63) is 12.2 Å². The highest BCUT2D eigenvalue weighted by atomic mass is 16.5. The van der Waals surface area contributed by atoms with Gasteiger partial charge in [-0.25, -0.2) is 0 Å². The molecule has 0 radical (unpaired) electrons. The molecule has 0 amide bonds.